The number of carbonyl (C=O) groups is 1. The highest BCUT2D eigenvalue weighted by molar-refractivity contribution is 9.10. The van der Waals surface area contributed by atoms with E-state index in [4.69, 9.17) is 0 Å². The van der Waals surface area contributed by atoms with Gasteiger partial charge in [0, 0.05) is 23.1 Å². The minimum absolute atomic E-state index is 0.184. The molecule has 3 aromatic rings. The maximum atomic E-state index is 12.7. The first-order valence-corrected chi connectivity index (χ1v) is 12.0. The molecular formula is C23H25BrN4OS. The van der Waals surface area contributed by atoms with Crippen molar-refractivity contribution in [3.63, 3.8) is 0 Å². The summed E-state index contributed by atoms with van der Waals surface area (Å²) < 4.78 is 3.08. The van der Waals surface area contributed by atoms with Gasteiger partial charge in [-0.15, -0.1) is 10.2 Å². The second-order valence-electron chi connectivity index (χ2n) is 7.71. The van der Waals surface area contributed by atoms with Gasteiger partial charge in [0.15, 0.2) is 11.0 Å². The van der Waals surface area contributed by atoms with Crippen LogP contribution in [0.15, 0.2) is 64.2 Å². The number of rotatable bonds is 6. The second kappa shape index (κ2) is 9.79. The van der Waals surface area contributed by atoms with Crippen LogP contribution in [-0.4, -0.2) is 44.4 Å². The highest BCUT2D eigenvalue weighted by Gasteiger charge is 2.22. The van der Waals surface area contributed by atoms with Crippen molar-refractivity contribution in [2.75, 3.05) is 18.8 Å². The average molecular weight is 485 g/mol. The molecule has 2 heterocycles. The average Bonchev–Trinajstić information content (AvgIpc) is 3.15. The lowest BCUT2D eigenvalue weighted by Gasteiger charge is -2.30. The Morgan fingerprint density at radius 3 is 2.50 bits per heavy atom. The normalized spacial score (nSPS) is 14.8. The summed E-state index contributed by atoms with van der Waals surface area (Å²) in [7, 11) is 0. The van der Waals surface area contributed by atoms with Crippen LogP contribution in [0.3, 0.4) is 0 Å². The predicted octanol–water partition coefficient (Wildman–Crippen LogP) is 5.11. The SMILES string of the molecule is CC1CCN(C(=O)CSc2nnc(-c3ccccc3Br)n2Cc2ccccc2)CC1. The van der Waals surface area contributed by atoms with Crippen LogP contribution < -0.4 is 0 Å². The molecule has 1 fully saturated rings. The third kappa shape index (κ3) is 4.95. The van der Waals surface area contributed by atoms with Gasteiger partial charge in [0.1, 0.15) is 0 Å². The van der Waals surface area contributed by atoms with E-state index in [0.29, 0.717) is 18.2 Å². The van der Waals surface area contributed by atoms with E-state index in [-0.39, 0.29) is 5.91 Å². The fraction of sp³-hybridized carbons (Fsp3) is 0.348. The Hall–Kier alpha value is -2.12. The molecule has 0 radical (unpaired) electrons. The molecule has 5 nitrogen and oxygen atoms in total. The van der Waals surface area contributed by atoms with E-state index < -0.39 is 0 Å². The number of halogens is 1. The van der Waals surface area contributed by atoms with E-state index in [1.54, 1.807) is 0 Å². The monoisotopic (exact) mass is 484 g/mol. The molecule has 4 rings (SSSR count). The molecule has 1 saturated heterocycles. The first-order chi connectivity index (χ1) is 14.6. The van der Waals surface area contributed by atoms with Gasteiger partial charge in [-0.1, -0.05) is 83.1 Å². The second-order valence-corrected chi connectivity index (χ2v) is 9.51. The highest BCUT2D eigenvalue weighted by Crippen LogP contribution is 2.30. The molecule has 1 aliphatic heterocycles. The predicted molar refractivity (Wildman–Crippen MR) is 124 cm³/mol. The third-order valence-electron chi connectivity index (χ3n) is 5.48. The minimum atomic E-state index is 0.184. The highest BCUT2D eigenvalue weighted by atomic mass is 79.9. The smallest absolute Gasteiger partial charge is 0.233 e. The molecule has 30 heavy (non-hydrogen) atoms. The van der Waals surface area contributed by atoms with Crippen LogP contribution in [0.25, 0.3) is 11.4 Å². The largest absolute Gasteiger partial charge is 0.342 e. The van der Waals surface area contributed by atoms with Crippen LogP contribution in [0, 0.1) is 5.92 Å². The van der Waals surface area contributed by atoms with Gasteiger partial charge in [0.05, 0.1) is 12.3 Å². The van der Waals surface area contributed by atoms with Crippen LogP contribution >= 0.6 is 27.7 Å². The first-order valence-electron chi connectivity index (χ1n) is 10.2. The summed E-state index contributed by atoms with van der Waals surface area (Å²) >= 11 is 5.11. The summed E-state index contributed by atoms with van der Waals surface area (Å²) in [5.74, 6) is 2.08. The standard InChI is InChI=1S/C23H25BrN4OS/c1-17-11-13-27(14-12-17)21(29)16-30-23-26-25-22(19-9-5-6-10-20(19)24)28(23)15-18-7-3-2-4-8-18/h2-10,17H,11-16H2,1H3. The lowest BCUT2D eigenvalue weighted by molar-refractivity contribution is -0.129. The maximum absolute atomic E-state index is 12.7. The molecule has 0 saturated carbocycles. The van der Waals surface area contributed by atoms with Crippen molar-refractivity contribution in [1.29, 1.82) is 0 Å². The molecule has 0 N–H and O–H groups in total. The van der Waals surface area contributed by atoms with E-state index in [0.717, 1.165) is 46.9 Å². The molecule has 1 amide bonds. The third-order valence-corrected chi connectivity index (χ3v) is 7.12. The van der Waals surface area contributed by atoms with Gasteiger partial charge in [-0.2, -0.15) is 0 Å². The Morgan fingerprint density at radius 2 is 1.77 bits per heavy atom. The maximum Gasteiger partial charge on any atom is 0.233 e. The van der Waals surface area contributed by atoms with Gasteiger partial charge in [-0.25, -0.2) is 0 Å². The minimum Gasteiger partial charge on any atom is -0.342 e. The van der Waals surface area contributed by atoms with Crippen LogP contribution in [0.5, 0.6) is 0 Å². The number of nitrogens with zero attached hydrogens (tertiary/aromatic N) is 4. The Kier molecular flexibility index (Phi) is 6.89. The van der Waals surface area contributed by atoms with Gasteiger partial charge in [-0.3, -0.25) is 9.36 Å². The molecule has 0 spiro atoms. The van der Waals surface area contributed by atoms with Crippen molar-refractivity contribution < 1.29 is 4.79 Å². The Balaban J connectivity index is 1.56. The summed E-state index contributed by atoms with van der Waals surface area (Å²) in [6, 6.07) is 18.3. The molecule has 156 valence electrons. The number of piperidine rings is 1. The van der Waals surface area contributed by atoms with E-state index in [1.807, 2.05) is 47.4 Å². The number of carbonyl (C=O) groups excluding carboxylic acids is 1. The molecule has 2 aromatic carbocycles. The van der Waals surface area contributed by atoms with Gasteiger partial charge in [-0.05, 0) is 30.4 Å². The van der Waals surface area contributed by atoms with Crippen molar-refractivity contribution in [1.82, 2.24) is 19.7 Å². The van der Waals surface area contributed by atoms with Crippen molar-refractivity contribution in [2.24, 2.45) is 5.92 Å². The van der Waals surface area contributed by atoms with Crippen LogP contribution in [-0.2, 0) is 11.3 Å². The number of aromatic nitrogens is 3. The van der Waals surface area contributed by atoms with E-state index in [1.165, 1.54) is 17.3 Å². The first kappa shape index (κ1) is 21.1. The van der Waals surface area contributed by atoms with Gasteiger partial charge in [0.2, 0.25) is 5.91 Å². The van der Waals surface area contributed by atoms with Crippen LogP contribution in [0.4, 0.5) is 0 Å². The van der Waals surface area contributed by atoms with Gasteiger partial charge < -0.3 is 4.90 Å². The molecular weight excluding hydrogens is 460 g/mol. The lowest BCUT2D eigenvalue weighted by atomic mass is 9.99. The summed E-state index contributed by atoms with van der Waals surface area (Å²) in [5, 5.41) is 9.69. The number of likely N-dealkylation sites (tertiary alicyclic amines) is 1. The topological polar surface area (TPSA) is 51.0 Å². The number of amides is 1. The zero-order valence-electron chi connectivity index (χ0n) is 17.0. The quantitative estimate of drug-likeness (QED) is 0.456. The zero-order valence-corrected chi connectivity index (χ0v) is 19.4. The Labute approximate surface area is 190 Å². The van der Waals surface area contributed by atoms with Crippen molar-refractivity contribution in [3.05, 3.63) is 64.6 Å². The zero-order chi connectivity index (χ0) is 20.9. The fourth-order valence-electron chi connectivity index (χ4n) is 3.62. The Bertz CT molecular complexity index is 999. The summed E-state index contributed by atoms with van der Waals surface area (Å²) in [5.41, 5.74) is 2.16. The van der Waals surface area contributed by atoms with Gasteiger partial charge >= 0.3 is 0 Å². The number of benzene rings is 2. The Morgan fingerprint density at radius 1 is 1.07 bits per heavy atom. The molecule has 0 bridgehead atoms. The van der Waals surface area contributed by atoms with E-state index in [9.17, 15) is 4.79 Å². The van der Waals surface area contributed by atoms with Crippen molar-refractivity contribution in [3.8, 4) is 11.4 Å². The van der Waals surface area contributed by atoms with Crippen LogP contribution in [0.2, 0.25) is 0 Å². The summed E-state index contributed by atoms with van der Waals surface area (Å²) in [6.45, 7) is 4.63. The van der Waals surface area contributed by atoms with Crippen molar-refractivity contribution >= 4 is 33.6 Å². The van der Waals surface area contributed by atoms with Crippen LogP contribution in [0.1, 0.15) is 25.3 Å². The van der Waals surface area contributed by atoms with E-state index >= 15 is 0 Å². The molecule has 0 unspecified atom stereocenters. The lowest BCUT2D eigenvalue weighted by Crippen LogP contribution is -2.38. The molecule has 7 heteroatoms. The molecule has 0 atom stereocenters. The number of hydrogen-bond acceptors (Lipinski definition) is 4. The van der Waals surface area contributed by atoms with Crippen molar-refractivity contribution in [2.45, 2.75) is 31.5 Å². The van der Waals surface area contributed by atoms with E-state index in [2.05, 4.69) is 49.8 Å². The molecule has 1 aliphatic rings. The number of hydrogen-bond donors (Lipinski definition) is 0. The summed E-state index contributed by atoms with van der Waals surface area (Å²) in [4.78, 5) is 14.7. The fourth-order valence-corrected chi connectivity index (χ4v) is 4.92. The van der Waals surface area contributed by atoms with Gasteiger partial charge in [0.25, 0.3) is 0 Å². The molecule has 1 aromatic heterocycles. The molecule has 0 aliphatic carbocycles. The summed E-state index contributed by atoms with van der Waals surface area (Å²) in [6.07, 6.45) is 2.18. The number of thioether (sulfide) groups is 1.